The van der Waals surface area contributed by atoms with Crippen LogP contribution in [0.1, 0.15) is 11.7 Å². The van der Waals surface area contributed by atoms with Crippen LogP contribution in [0.15, 0.2) is 78.9 Å². The standard InChI is InChI=1S/C21H17N3O2/c25-20(14-8-2-1-3-9-14)21(26)24-23-19-15-10-4-6-12-17(15)22-18-13-7-5-11-16(18)19/h1-13,20,25H,(H,22,23)(H,24,26)/t20-/m1/s1. The number of aromatic nitrogens is 1. The van der Waals surface area contributed by atoms with Gasteiger partial charge in [-0.15, -0.1) is 0 Å². The molecule has 0 bridgehead atoms. The number of hydrogen-bond acceptors (Lipinski definition) is 4. The van der Waals surface area contributed by atoms with Crippen LogP contribution in [0.25, 0.3) is 21.8 Å². The minimum absolute atomic E-state index is 0.527. The van der Waals surface area contributed by atoms with Gasteiger partial charge in [-0.3, -0.25) is 15.6 Å². The Kier molecular flexibility index (Phi) is 4.21. The van der Waals surface area contributed by atoms with Gasteiger partial charge in [0.1, 0.15) is 0 Å². The lowest BCUT2D eigenvalue weighted by Crippen LogP contribution is -2.34. The normalized spacial score (nSPS) is 12.0. The van der Waals surface area contributed by atoms with Crippen LogP contribution in [0.4, 0.5) is 5.69 Å². The first-order valence-corrected chi connectivity index (χ1v) is 8.30. The zero-order chi connectivity index (χ0) is 17.9. The van der Waals surface area contributed by atoms with E-state index >= 15 is 0 Å². The Morgan fingerprint density at radius 2 is 1.35 bits per heavy atom. The topological polar surface area (TPSA) is 74.2 Å². The van der Waals surface area contributed by atoms with Crippen LogP contribution in [0.2, 0.25) is 0 Å². The molecule has 0 fully saturated rings. The van der Waals surface area contributed by atoms with Gasteiger partial charge in [0, 0.05) is 10.8 Å². The summed E-state index contributed by atoms with van der Waals surface area (Å²) < 4.78 is 0. The van der Waals surface area contributed by atoms with E-state index in [1.165, 1.54) is 0 Å². The Labute approximate surface area is 150 Å². The van der Waals surface area contributed by atoms with Crippen molar-refractivity contribution >= 4 is 33.4 Å². The molecule has 5 nitrogen and oxygen atoms in total. The Balaban J connectivity index is 1.67. The summed E-state index contributed by atoms with van der Waals surface area (Å²) in [5.74, 6) is -0.527. The number of hydrogen-bond donors (Lipinski definition) is 3. The molecule has 3 N–H and O–H groups in total. The highest BCUT2D eigenvalue weighted by Gasteiger charge is 2.17. The number of para-hydroxylation sites is 2. The van der Waals surface area contributed by atoms with Gasteiger partial charge < -0.3 is 5.11 Å². The van der Waals surface area contributed by atoms with Crippen molar-refractivity contribution in [3.05, 3.63) is 84.4 Å². The first-order valence-electron chi connectivity index (χ1n) is 8.30. The molecule has 0 saturated carbocycles. The molecular formula is C21H17N3O2. The highest BCUT2D eigenvalue weighted by molar-refractivity contribution is 6.07. The molecule has 0 unspecified atom stereocenters. The molecular weight excluding hydrogens is 326 g/mol. The molecule has 0 radical (unpaired) electrons. The fraction of sp³-hybridized carbons (Fsp3) is 0.0476. The molecule has 1 aromatic heterocycles. The van der Waals surface area contributed by atoms with Crippen LogP contribution >= 0.6 is 0 Å². The smallest absolute Gasteiger partial charge is 0.271 e. The number of rotatable bonds is 4. The minimum atomic E-state index is -1.25. The van der Waals surface area contributed by atoms with Crippen molar-refractivity contribution in [2.75, 3.05) is 5.43 Å². The summed E-state index contributed by atoms with van der Waals surface area (Å²) >= 11 is 0. The van der Waals surface area contributed by atoms with Crippen molar-refractivity contribution < 1.29 is 9.90 Å². The lowest BCUT2D eigenvalue weighted by molar-refractivity contribution is -0.129. The van der Waals surface area contributed by atoms with Crippen LogP contribution in [0, 0.1) is 0 Å². The van der Waals surface area contributed by atoms with Crippen LogP contribution in [0.3, 0.4) is 0 Å². The van der Waals surface area contributed by atoms with Crippen LogP contribution in [0.5, 0.6) is 0 Å². The lowest BCUT2D eigenvalue weighted by Gasteiger charge is -2.16. The molecule has 5 heteroatoms. The Hall–Kier alpha value is -3.44. The summed E-state index contributed by atoms with van der Waals surface area (Å²) in [6.07, 6.45) is -1.25. The molecule has 26 heavy (non-hydrogen) atoms. The first-order chi connectivity index (χ1) is 12.7. The molecule has 0 aliphatic heterocycles. The average Bonchev–Trinajstić information content (AvgIpc) is 2.71. The van der Waals surface area contributed by atoms with E-state index in [9.17, 15) is 9.90 Å². The zero-order valence-corrected chi connectivity index (χ0v) is 13.9. The predicted octanol–water partition coefficient (Wildman–Crippen LogP) is 3.56. The van der Waals surface area contributed by atoms with Gasteiger partial charge in [-0.05, 0) is 17.7 Å². The van der Waals surface area contributed by atoms with E-state index in [2.05, 4.69) is 15.8 Å². The van der Waals surface area contributed by atoms with Gasteiger partial charge in [0.2, 0.25) is 0 Å². The summed E-state index contributed by atoms with van der Waals surface area (Å²) in [6.45, 7) is 0. The van der Waals surface area contributed by atoms with Crippen molar-refractivity contribution in [2.45, 2.75) is 6.10 Å². The monoisotopic (exact) mass is 343 g/mol. The van der Waals surface area contributed by atoms with Gasteiger partial charge in [-0.25, -0.2) is 4.98 Å². The Morgan fingerprint density at radius 1 is 0.808 bits per heavy atom. The maximum atomic E-state index is 12.3. The predicted molar refractivity (Wildman–Crippen MR) is 102 cm³/mol. The first kappa shape index (κ1) is 16.1. The Bertz CT molecular complexity index is 1030. The van der Waals surface area contributed by atoms with Crippen LogP contribution in [-0.2, 0) is 4.79 Å². The van der Waals surface area contributed by atoms with Gasteiger partial charge in [0.05, 0.1) is 16.7 Å². The van der Waals surface area contributed by atoms with E-state index in [0.29, 0.717) is 5.56 Å². The van der Waals surface area contributed by atoms with Crippen molar-refractivity contribution in [3.8, 4) is 0 Å². The quantitative estimate of drug-likeness (QED) is 0.391. The number of aliphatic hydroxyl groups excluding tert-OH is 1. The van der Waals surface area contributed by atoms with E-state index < -0.39 is 12.0 Å². The molecule has 0 aliphatic rings. The molecule has 1 heterocycles. The van der Waals surface area contributed by atoms with Crippen molar-refractivity contribution in [1.82, 2.24) is 10.4 Å². The summed E-state index contributed by atoms with van der Waals surface area (Å²) in [5, 5.41) is 12.0. The summed E-state index contributed by atoms with van der Waals surface area (Å²) in [4.78, 5) is 17.0. The number of benzene rings is 3. The molecule has 0 spiro atoms. The SMILES string of the molecule is O=C(NNc1c2ccccc2nc2ccccc12)[C@H](O)c1ccccc1. The summed E-state index contributed by atoms with van der Waals surface area (Å²) in [5.41, 5.74) is 8.54. The molecule has 3 aromatic carbocycles. The molecule has 4 aromatic rings. The van der Waals surface area contributed by atoms with Crippen molar-refractivity contribution in [3.63, 3.8) is 0 Å². The second kappa shape index (κ2) is 6.82. The van der Waals surface area contributed by atoms with E-state index in [1.807, 2.05) is 54.6 Å². The molecule has 0 aliphatic carbocycles. The van der Waals surface area contributed by atoms with Gasteiger partial charge in [0.25, 0.3) is 5.91 Å². The van der Waals surface area contributed by atoms with E-state index in [4.69, 9.17) is 0 Å². The van der Waals surface area contributed by atoms with Gasteiger partial charge in [-0.1, -0.05) is 66.7 Å². The minimum Gasteiger partial charge on any atom is -0.378 e. The third-order valence-corrected chi connectivity index (χ3v) is 4.26. The number of carbonyl (C=O) groups is 1. The third kappa shape index (κ3) is 2.96. The lowest BCUT2D eigenvalue weighted by atomic mass is 10.1. The van der Waals surface area contributed by atoms with Crippen LogP contribution < -0.4 is 10.9 Å². The van der Waals surface area contributed by atoms with Crippen molar-refractivity contribution in [1.29, 1.82) is 0 Å². The Morgan fingerprint density at radius 3 is 1.96 bits per heavy atom. The van der Waals surface area contributed by atoms with Crippen molar-refractivity contribution in [2.24, 2.45) is 0 Å². The molecule has 1 amide bonds. The summed E-state index contributed by atoms with van der Waals surface area (Å²) in [6, 6.07) is 24.2. The number of pyridine rings is 1. The highest BCUT2D eigenvalue weighted by atomic mass is 16.3. The molecule has 128 valence electrons. The third-order valence-electron chi connectivity index (χ3n) is 4.26. The number of aliphatic hydroxyl groups is 1. The van der Waals surface area contributed by atoms with E-state index in [0.717, 1.165) is 27.5 Å². The maximum Gasteiger partial charge on any atom is 0.271 e. The maximum absolute atomic E-state index is 12.3. The van der Waals surface area contributed by atoms with Crippen LogP contribution in [-0.4, -0.2) is 16.0 Å². The second-order valence-corrected chi connectivity index (χ2v) is 5.95. The fourth-order valence-electron chi connectivity index (χ4n) is 2.95. The average molecular weight is 343 g/mol. The zero-order valence-electron chi connectivity index (χ0n) is 13.9. The van der Waals surface area contributed by atoms with E-state index in [-0.39, 0.29) is 0 Å². The number of nitrogens with one attached hydrogen (secondary N) is 2. The second-order valence-electron chi connectivity index (χ2n) is 5.95. The number of fused-ring (bicyclic) bond motifs is 2. The van der Waals surface area contributed by atoms with Gasteiger partial charge >= 0.3 is 0 Å². The number of amides is 1. The van der Waals surface area contributed by atoms with Gasteiger partial charge in [0.15, 0.2) is 6.10 Å². The number of hydrazine groups is 1. The molecule has 4 rings (SSSR count). The molecule has 0 saturated heterocycles. The summed E-state index contributed by atoms with van der Waals surface area (Å²) in [7, 11) is 0. The number of carbonyl (C=O) groups excluding carboxylic acids is 1. The number of anilines is 1. The van der Waals surface area contributed by atoms with Gasteiger partial charge in [-0.2, -0.15) is 0 Å². The molecule has 1 atom stereocenters. The van der Waals surface area contributed by atoms with E-state index in [1.54, 1.807) is 24.3 Å². The largest absolute Gasteiger partial charge is 0.378 e. The highest BCUT2D eigenvalue weighted by Crippen LogP contribution is 2.30. The fourth-order valence-corrected chi connectivity index (χ4v) is 2.95. The number of nitrogens with zero attached hydrogens (tertiary/aromatic N) is 1.